The summed E-state index contributed by atoms with van der Waals surface area (Å²) < 4.78 is 30.0. The minimum Gasteiger partial charge on any atom is -0.497 e. The summed E-state index contributed by atoms with van der Waals surface area (Å²) >= 11 is 1.43. The zero-order chi connectivity index (χ0) is 22.9. The van der Waals surface area contributed by atoms with Crippen molar-refractivity contribution in [2.45, 2.75) is 44.4 Å². The van der Waals surface area contributed by atoms with E-state index in [4.69, 9.17) is 4.74 Å². The molecule has 2 aliphatic rings. The molecule has 0 N–H and O–H groups in total. The predicted molar refractivity (Wildman–Crippen MR) is 131 cm³/mol. The van der Waals surface area contributed by atoms with Gasteiger partial charge in [-0.15, -0.1) is 0 Å². The third-order valence-corrected chi connectivity index (χ3v) is 9.22. The minimum atomic E-state index is -3.11. The molecule has 1 amide bonds. The predicted octanol–water partition coefficient (Wildman–Crippen LogP) is 3.66. The number of fused-ring (bicyclic) bond motifs is 1. The lowest BCUT2D eigenvalue weighted by Crippen LogP contribution is -2.39. The number of carbonyl (C=O) groups excluding carboxylic acids is 1. The monoisotopic (exact) mass is 472 g/mol. The first kappa shape index (κ1) is 22.9. The molecule has 8 heteroatoms. The van der Waals surface area contributed by atoms with E-state index in [0.717, 1.165) is 41.0 Å². The number of anilines is 1. The van der Waals surface area contributed by atoms with Gasteiger partial charge in [0.2, 0.25) is 0 Å². The molecule has 4 rings (SSSR count). The fraction of sp³-hybridized carbons (Fsp3) is 0.417. The molecule has 6 nitrogen and oxygen atoms in total. The average Bonchev–Trinajstić information content (AvgIpc) is 3.24. The van der Waals surface area contributed by atoms with Crippen LogP contribution in [0.2, 0.25) is 0 Å². The Kier molecular flexibility index (Phi) is 6.62. The zero-order valence-corrected chi connectivity index (χ0v) is 20.2. The molecule has 0 saturated carbocycles. The van der Waals surface area contributed by atoms with Gasteiger partial charge in [0.1, 0.15) is 5.75 Å². The third-order valence-electron chi connectivity index (χ3n) is 6.01. The standard InChI is InChI=1S/C24H28N2O4S2/c1-4-17-7-6-8-18(5-2)23(17)26-20-14-32(28,29)15-21(20)31-24(26)25-22(27)13-16-9-11-19(30-3)12-10-16/h6-12,20-21H,4-5,13-15H2,1-3H3/t20-,21-/m1/s1. The Morgan fingerprint density at radius 3 is 2.34 bits per heavy atom. The van der Waals surface area contributed by atoms with Crippen molar-refractivity contribution in [1.82, 2.24) is 0 Å². The van der Waals surface area contributed by atoms with E-state index in [1.807, 2.05) is 35.2 Å². The Balaban J connectivity index is 1.70. The number of carbonyl (C=O) groups is 1. The maximum absolute atomic E-state index is 12.9. The van der Waals surface area contributed by atoms with Crippen molar-refractivity contribution in [3.63, 3.8) is 0 Å². The van der Waals surface area contributed by atoms with E-state index >= 15 is 0 Å². The third kappa shape index (κ3) is 4.57. The summed E-state index contributed by atoms with van der Waals surface area (Å²) in [4.78, 5) is 19.4. The molecule has 2 aliphatic heterocycles. The normalized spacial score (nSPS) is 22.8. The Labute approximate surface area is 194 Å². The van der Waals surface area contributed by atoms with Crippen LogP contribution in [0.4, 0.5) is 5.69 Å². The van der Waals surface area contributed by atoms with E-state index in [1.54, 1.807) is 7.11 Å². The summed E-state index contributed by atoms with van der Waals surface area (Å²) in [6.07, 6.45) is 1.83. The van der Waals surface area contributed by atoms with Gasteiger partial charge in [-0.2, -0.15) is 4.99 Å². The number of amidine groups is 1. The Morgan fingerprint density at radius 1 is 1.09 bits per heavy atom. The number of methoxy groups -OCH3 is 1. The van der Waals surface area contributed by atoms with Crippen LogP contribution < -0.4 is 9.64 Å². The summed E-state index contributed by atoms with van der Waals surface area (Å²) in [5.74, 6) is 0.720. The second-order valence-corrected chi connectivity index (χ2v) is 11.5. The molecule has 0 aliphatic carbocycles. The first-order valence-electron chi connectivity index (χ1n) is 10.9. The maximum atomic E-state index is 12.9. The zero-order valence-electron chi connectivity index (χ0n) is 18.6. The van der Waals surface area contributed by atoms with Crippen molar-refractivity contribution in [1.29, 1.82) is 0 Å². The topological polar surface area (TPSA) is 76.0 Å². The Hall–Kier alpha value is -2.32. The average molecular weight is 473 g/mol. The number of nitrogens with zero attached hydrogens (tertiary/aromatic N) is 2. The van der Waals surface area contributed by atoms with Crippen LogP contribution in [0.25, 0.3) is 0 Å². The number of rotatable bonds is 6. The molecule has 2 aromatic carbocycles. The number of aliphatic imine (C=N–C) groups is 1. The highest BCUT2D eigenvalue weighted by molar-refractivity contribution is 8.16. The Morgan fingerprint density at radius 2 is 1.75 bits per heavy atom. The van der Waals surface area contributed by atoms with Crippen molar-refractivity contribution in [2.75, 3.05) is 23.5 Å². The molecule has 170 valence electrons. The maximum Gasteiger partial charge on any atom is 0.252 e. The first-order chi connectivity index (χ1) is 15.3. The van der Waals surface area contributed by atoms with Crippen LogP contribution >= 0.6 is 11.8 Å². The highest BCUT2D eigenvalue weighted by Crippen LogP contribution is 2.43. The van der Waals surface area contributed by atoms with Crippen LogP contribution in [-0.4, -0.2) is 49.4 Å². The van der Waals surface area contributed by atoms with Crippen molar-refractivity contribution < 1.29 is 17.9 Å². The largest absolute Gasteiger partial charge is 0.497 e. The lowest BCUT2D eigenvalue weighted by Gasteiger charge is -2.29. The number of para-hydroxylation sites is 1. The van der Waals surface area contributed by atoms with Gasteiger partial charge in [0, 0.05) is 10.9 Å². The van der Waals surface area contributed by atoms with E-state index in [-0.39, 0.29) is 35.1 Å². The molecule has 0 radical (unpaired) electrons. The molecule has 0 aromatic heterocycles. The molecule has 2 heterocycles. The molecular weight excluding hydrogens is 444 g/mol. The van der Waals surface area contributed by atoms with Crippen molar-refractivity contribution in [2.24, 2.45) is 4.99 Å². The van der Waals surface area contributed by atoms with Crippen molar-refractivity contribution in [3.05, 3.63) is 59.2 Å². The number of thioether (sulfide) groups is 1. The second-order valence-electron chi connectivity index (χ2n) is 8.12. The van der Waals surface area contributed by atoms with E-state index in [9.17, 15) is 13.2 Å². The summed E-state index contributed by atoms with van der Waals surface area (Å²) in [5, 5.41) is 0.506. The fourth-order valence-electron chi connectivity index (χ4n) is 4.41. The van der Waals surface area contributed by atoms with E-state index in [0.29, 0.717) is 5.17 Å². The van der Waals surface area contributed by atoms with Crippen molar-refractivity contribution >= 4 is 38.4 Å². The van der Waals surface area contributed by atoms with Gasteiger partial charge in [-0.3, -0.25) is 4.79 Å². The van der Waals surface area contributed by atoms with Crippen LogP contribution in [-0.2, 0) is 33.9 Å². The van der Waals surface area contributed by atoms with E-state index in [2.05, 4.69) is 31.0 Å². The van der Waals surface area contributed by atoms with Gasteiger partial charge >= 0.3 is 0 Å². The number of ether oxygens (including phenoxy) is 1. The molecule has 0 spiro atoms. The molecular formula is C24H28N2O4S2. The van der Waals surface area contributed by atoms with Gasteiger partial charge in [0.25, 0.3) is 5.91 Å². The number of sulfone groups is 1. The lowest BCUT2D eigenvalue weighted by atomic mass is 10.0. The second kappa shape index (κ2) is 9.27. The van der Waals surface area contributed by atoms with Gasteiger partial charge in [0.05, 0.1) is 31.1 Å². The number of hydrogen-bond donors (Lipinski definition) is 0. The van der Waals surface area contributed by atoms with Gasteiger partial charge in [-0.05, 0) is 41.7 Å². The molecule has 2 aromatic rings. The van der Waals surface area contributed by atoms with Crippen LogP contribution in [0.3, 0.4) is 0 Å². The highest BCUT2D eigenvalue weighted by atomic mass is 32.2. The number of benzene rings is 2. The molecule has 32 heavy (non-hydrogen) atoms. The summed E-state index contributed by atoms with van der Waals surface area (Å²) in [6.45, 7) is 4.19. The highest BCUT2D eigenvalue weighted by Gasteiger charge is 2.50. The Bertz CT molecular complexity index is 1120. The van der Waals surface area contributed by atoms with Gasteiger partial charge in [-0.1, -0.05) is 55.9 Å². The fourth-order valence-corrected chi connectivity index (χ4v) is 8.33. The van der Waals surface area contributed by atoms with Crippen LogP contribution in [0.15, 0.2) is 47.5 Å². The quantitative estimate of drug-likeness (QED) is 0.639. The van der Waals surface area contributed by atoms with Crippen molar-refractivity contribution in [3.8, 4) is 5.75 Å². The van der Waals surface area contributed by atoms with E-state index < -0.39 is 9.84 Å². The van der Waals surface area contributed by atoms with Gasteiger partial charge in [-0.25, -0.2) is 8.42 Å². The molecule has 2 saturated heterocycles. The number of amides is 1. The summed E-state index contributed by atoms with van der Waals surface area (Å²) in [5.41, 5.74) is 4.17. The first-order valence-corrected chi connectivity index (χ1v) is 13.6. The van der Waals surface area contributed by atoms with Crippen LogP contribution in [0, 0.1) is 0 Å². The number of hydrogen-bond acceptors (Lipinski definition) is 5. The molecule has 2 atom stereocenters. The van der Waals surface area contributed by atoms with E-state index in [1.165, 1.54) is 11.8 Å². The van der Waals surface area contributed by atoms with Gasteiger partial charge < -0.3 is 9.64 Å². The SMILES string of the molecule is CCc1cccc(CC)c1N1C(=NC(=O)Cc2ccc(OC)cc2)S[C@@H]2CS(=O)(=O)C[C@H]21. The lowest BCUT2D eigenvalue weighted by molar-refractivity contribution is -0.117. The molecule has 2 fully saturated rings. The van der Waals surface area contributed by atoms with Crippen LogP contribution in [0.1, 0.15) is 30.5 Å². The minimum absolute atomic E-state index is 0.0948. The summed E-state index contributed by atoms with van der Waals surface area (Å²) in [7, 11) is -1.50. The molecule has 0 bridgehead atoms. The smallest absolute Gasteiger partial charge is 0.252 e. The number of aryl methyl sites for hydroxylation is 2. The molecule has 0 unspecified atom stereocenters. The summed E-state index contributed by atoms with van der Waals surface area (Å²) in [6, 6.07) is 13.4. The van der Waals surface area contributed by atoms with Crippen LogP contribution in [0.5, 0.6) is 5.75 Å². The van der Waals surface area contributed by atoms with Gasteiger partial charge in [0.15, 0.2) is 15.0 Å².